The number of hydrogen-bond donors (Lipinski definition) is 2. The number of aromatic amines is 1. The van der Waals surface area contributed by atoms with E-state index in [-0.39, 0.29) is 17.3 Å². The predicted molar refractivity (Wildman–Crippen MR) is 67.1 cm³/mol. The Kier molecular flexibility index (Phi) is 3.71. The first-order valence-corrected chi connectivity index (χ1v) is 5.85. The van der Waals surface area contributed by atoms with Crippen molar-refractivity contribution in [3.05, 3.63) is 46.2 Å². The van der Waals surface area contributed by atoms with Crippen LogP contribution >= 0.6 is 11.6 Å². The van der Waals surface area contributed by atoms with E-state index in [0.717, 1.165) is 17.3 Å². The second-order valence-electron chi connectivity index (χ2n) is 4.06. The van der Waals surface area contributed by atoms with E-state index in [9.17, 15) is 13.2 Å². The van der Waals surface area contributed by atoms with Crippen LogP contribution in [0.25, 0.3) is 0 Å². The number of anilines is 1. The molecule has 1 heterocycles. The third kappa shape index (κ3) is 3.20. The molecule has 0 fully saturated rings. The van der Waals surface area contributed by atoms with Gasteiger partial charge in [0.1, 0.15) is 0 Å². The number of benzene rings is 1. The zero-order valence-corrected chi connectivity index (χ0v) is 10.7. The molecule has 0 unspecified atom stereocenters. The van der Waals surface area contributed by atoms with Crippen molar-refractivity contribution in [2.75, 3.05) is 5.32 Å². The van der Waals surface area contributed by atoms with Gasteiger partial charge >= 0.3 is 6.18 Å². The molecule has 0 aliphatic carbocycles. The molecule has 102 valence electrons. The zero-order valence-electron chi connectivity index (χ0n) is 9.98. The highest BCUT2D eigenvalue weighted by Crippen LogP contribution is 2.36. The molecule has 2 aromatic rings. The predicted octanol–water partition coefficient (Wildman–Crippen LogP) is 4.00. The van der Waals surface area contributed by atoms with Gasteiger partial charge in [-0.3, -0.25) is 5.10 Å². The smallest absolute Gasteiger partial charge is 0.380 e. The molecule has 0 aliphatic rings. The van der Waals surface area contributed by atoms with Crippen LogP contribution in [0.2, 0.25) is 5.02 Å². The number of nitrogens with zero attached hydrogens (tertiary/aromatic N) is 1. The molecule has 2 N–H and O–H groups in total. The van der Waals surface area contributed by atoms with Crippen LogP contribution in [0.1, 0.15) is 16.8 Å². The van der Waals surface area contributed by atoms with Crippen molar-refractivity contribution in [2.24, 2.45) is 0 Å². The summed E-state index contributed by atoms with van der Waals surface area (Å²) in [5.74, 6) is 0. The molecular formula is C12H11ClF3N3. The van der Waals surface area contributed by atoms with Gasteiger partial charge in [-0.25, -0.2) is 0 Å². The molecule has 19 heavy (non-hydrogen) atoms. The van der Waals surface area contributed by atoms with Crippen LogP contribution in [0.3, 0.4) is 0 Å². The zero-order chi connectivity index (χ0) is 14.0. The first-order chi connectivity index (χ1) is 8.88. The minimum atomic E-state index is -4.45. The second-order valence-corrected chi connectivity index (χ2v) is 4.50. The number of hydrogen-bond acceptors (Lipinski definition) is 2. The Bertz CT molecular complexity index is 578. The van der Waals surface area contributed by atoms with Crippen LogP contribution in [0.15, 0.2) is 24.4 Å². The van der Waals surface area contributed by atoms with Gasteiger partial charge in [-0.15, -0.1) is 0 Å². The van der Waals surface area contributed by atoms with E-state index in [1.165, 1.54) is 12.1 Å². The average molecular weight is 290 g/mol. The van der Waals surface area contributed by atoms with E-state index in [4.69, 9.17) is 11.6 Å². The summed E-state index contributed by atoms with van der Waals surface area (Å²) >= 11 is 5.61. The standard InChI is InChI=1S/C12H11ClF3N3/c1-7-8(6-18-19-7)5-17-11-3-2-9(13)4-10(11)12(14,15)16/h2-4,6,17H,5H2,1H3,(H,18,19). The van der Waals surface area contributed by atoms with Crippen LogP contribution in [0.5, 0.6) is 0 Å². The van der Waals surface area contributed by atoms with Gasteiger partial charge in [0, 0.05) is 28.5 Å². The minimum Gasteiger partial charge on any atom is -0.380 e. The number of aromatic nitrogens is 2. The molecule has 0 atom stereocenters. The number of rotatable bonds is 3. The van der Waals surface area contributed by atoms with Crippen molar-refractivity contribution in [1.29, 1.82) is 0 Å². The highest BCUT2D eigenvalue weighted by atomic mass is 35.5. The van der Waals surface area contributed by atoms with Crippen LogP contribution in [-0.4, -0.2) is 10.2 Å². The number of aryl methyl sites for hydroxylation is 1. The minimum absolute atomic E-state index is 0.00231. The highest BCUT2D eigenvalue weighted by Gasteiger charge is 2.33. The summed E-state index contributed by atoms with van der Waals surface area (Å²) in [7, 11) is 0. The fourth-order valence-electron chi connectivity index (χ4n) is 1.65. The first-order valence-electron chi connectivity index (χ1n) is 5.47. The lowest BCUT2D eigenvalue weighted by molar-refractivity contribution is -0.136. The molecule has 1 aromatic carbocycles. The summed E-state index contributed by atoms with van der Waals surface area (Å²) in [5, 5.41) is 9.34. The van der Waals surface area contributed by atoms with E-state index < -0.39 is 11.7 Å². The van der Waals surface area contributed by atoms with Gasteiger partial charge in [0.2, 0.25) is 0 Å². The van der Waals surface area contributed by atoms with Gasteiger partial charge in [-0.2, -0.15) is 18.3 Å². The number of halogens is 4. The normalized spacial score (nSPS) is 11.6. The van der Waals surface area contributed by atoms with E-state index >= 15 is 0 Å². The Balaban J connectivity index is 2.23. The monoisotopic (exact) mass is 289 g/mol. The molecule has 3 nitrogen and oxygen atoms in total. The molecule has 0 amide bonds. The van der Waals surface area contributed by atoms with Crippen LogP contribution < -0.4 is 5.32 Å². The molecule has 0 radical (unpaired) electrons. The maximum atomic E-state index is 12.9. The summed E-state index contributed by atoms with van der Waals surface area (Å²) in [6.45, 7) is 2.06. The van der Waals surface area contributed by atoms with Crippen molar-refractivity contribution in [3.8, 4) is 0 Å². The Morgan fingerprint density at radius 3 is 2.68 bits per heavy atom. The Morgan fingerprint density at radius 2 is 2.11 bits per heavy atom. The fourth-order valence-corrected chi connectivity index (χ4v) is 1.82. The quantitative estimate of drug-likeness (QED) is 0.896. The number of H-pyrrole nitrogens is 1. The van der Waals surface area contributed by atoms with Gasteiger partial charge in [0.15, 0.2) is 0 Å². The summed E-state index contributed by atoms with van der Waals surface area (Å²) < 4.78 is 38.6. The molecular weight excluding hydrogens is 279 g/mol. The highest BCUT2D eigenvalue weighted by molar-refractivity contribution is 6.30. The third-order valence-corrected chi connectivity index (χ3v) is 2.93. The van der Waals surface area contributed by atoms with Crippen molar-refractivity contribution >= 4 is 17.3 Å². The molecule has 2 rings (SSSR count). The molecule has 0 saturated carbocycles. The maximum Gasteiger partial charge on any atom is 0.418 e. The molecule has 0 spiro atoms. The fraction of sp³-hybridized carbons (Fsp3) is 0.250. The van der Waals surface area contributed by atoms with Crippen molar-refractivity contribution in [2.45, 2.75) is 19.6 Å². The summed E-state index contributed by atoms with van der Waals surface area (Å²) in [6, 6.07) is 3.65. The Hall–Kier alpha value is -1.69. The van der Waals surface area contributed by atoms with E-state index in [1.807, 2.05) is 0 Å². The van der Waals surface area contributed by atoms with E-state index in [0.29, 0.717) is 0 Å². The summed E-state index contributed by atoms with van der Waals surface area (Å²) in [4.78, 5) is 0. The Morgan fingerprint density at radius 1 is 1.37 bits per heavy atom. The van der Waals surface area contributed by atoms with Crippen molar-refractivity contribution < 1.29 is 13.2 Å². The summed E-state index contributed by atoms with van der Waals surface area (Å²) in [6.07, 6.45) is -2.87. The average Bonchev–Trinajstić information content (AvgIpc) is 2.72. The molecule has 0 aliphatic heterocycles. The van der Waals surface area contributed by atoms with Gasteiger partial charge in [0.05, 0.1) is 11.8 Å². The number of nitrogens with one attached hydrogen (secondary N) is 2. The molecule has 0 saturated heterocycles. The number of alkyl halides is 3. The SMILES string of the molecule is Cc1[nH]ncc1CNc1ccc(Cl)cc1C(F)(F)F. The van der Waals surface area contributed by atoms with Crippen LogP contribution in [-0.2, 0) is 12.7 Å². The lowest BCUT2D eigenvalue weighted by Gasteiger charge is -2.14. The van der Waals surface area contributed by atoms with Gasteiger partial charge in [-0.05, 0) is 25.1 Å². The third-order valence-electron chi connectivity index (χ3n) is 2.69. The molecule has 0 bridgehead atoms. The molecule has 7 heteroatoms. The lowest BCUT2D eigenvalue weighted by Crippen LogP contribution is -2.11. The van der Waals surface area contributed by atoms with E-state index in [2.05, 4.69) is 15.5 Å². The lowest BCUT2D eigenvalue weighted by atomic mass is 10.1. The van der Waals surface area contributed by atoms with Crippen LogP contribution in [0, 0.1) is 6.92 Å². The maximum absolute atomic E-state index is 12.9. The van der Waals surface area contributed by atoms with Gasteiger partial charge in [0.25, 0.3) is 0 Å². The Labute approximate surface area is 112 Å². The van der Waals surface area contributed by atoms with Gasteiger partial charge in [-0.1, -0.05) is 11.6 Å². The van der Waals surface area contributed by atoms with Crippen molar-refractivity contribution in [1.82, 2.24) is 10.2 Å². The van der Waals surface area contributed by atoms with Gasteiger partial charge < -0.3 is 5.32 Å². The summed E-state index contributed by atoms with van der Waals surface area (Å²) in [5.41, 5.74) is 0.844. The van der Waals surface area contributed by atoms with E-state index in [1.54, 1.807) is 13.1 Å². The first kappa shape index (κ1) is 13.7. The topological polar surface area (TPSA) is 40.7 Å². The van der Waals surface area contributed by atoms with Crippen LogP contribution in [0.4, 0.5) is 18.9 Å². The largest absolute Gasteiger partial charge is 0.418 e. The second kappa shape index (κ2) is 5.13. The molecule has 1 aromatic heterocycles. The van der Waals surface area contributed by atoms with Crippen molar-refractivity contribution in [3.63, 3.8) is 0 Å².